The van der Waals surface area contributed by atoms with Crippen LogP contribution in [0.15, 0.2) is 176 Å². The van der Waals surface area contributed by atoms with Crippen LogP contribution in [0.1, 0.15) is 76.3 Å². The standard InChI is InChI=1S/C60H50N2/c1-58(2,3)54-52-46-24-13-16-26-48(46)59(4,5)55(52)57(56-53(54)47-25-14-17-27-49(47)60(56,6)7)61(40-31-33-43-38(35-40)30-29-37-19-11-12-22-42(37)43)41-32-34-45-44-23-15-18-28-50(44)62(51(45)36-41)39-20-9-8-10-21-39/h8-36H,1-7H3. The van der Waals surface area contributed by atoms with Crippen LogP contribution < -0.4 is 4.90 Å². The molecule has 0 saturated carbocycles. The van der Waals surface area contributed by atoms with Crippen molar-refractivity contribution in [1.29, 1.82) is 0 Å². The van der Waals surface area contributed by atoms with Crippen molar-refractivity contribution in [3.05, 3.63) is 204 Å². The molecule has 2 aliphatic rings. The fraction of sp³-hybridized carbons (Fsp3) is 0.167. The summed E-state index contributed by atoms with van der Waals surface area (Å²) in [5.74, 6) is 0. The van der Waals surface area contributed by atoms with Gasteiger partial charge in [0.2, 0.25) is 0 Å². The van der Waals surface area contributed by atoms with E-state index in [1.54, 1.807) is 0 Å². The Morgan fingerprint density at radius 3 is 1.60 bits per heavy atom. The second-order valence-electron chi connectivity index (χ2n) is 19.7. The zero-order valence-corrected chi connectivity index (χ0v) is 36.6. The van der Waals surface area contributed by atoms with E-state index in [4.69, 9.17) is 0 Å². The fourth-order valence-corrected chi connectivity index (χ4v) is 11.7. The third-order valence-corrected chi connectivity index (χ3v) is 14.4. The molecule has 0 bridgehead atoms. The summed E-state index contributed by atoms with van der Waals surface area (Å²) >= 11 is 0. The largest absolute Gasteiger partial charge is 0.310 e. The predicted octanol–water partition coefficient (Wildman–Crippen LogP) is 16.5. The van der Waals surface area contributed by atoms with Gasteiger partial charge in [0.15, 0.2) is 0 Å². The number of anilines is 3. The first-order valence-corrected chi connectivity index (χ1v) is 22.2. The Morgan fingerprint density at radius 2 is 0.935 bits per heavy atom. The third-order valence-electron chi connectivity index (χ3n) is 14.4. The van der Waals surface area contributed by atoms with Crippen LogP contribution in [0.4, 0.5) is 17.1 Å². The van der Waals surface area contributed by atoms with E-state index in [0.29, 0.717) is 0 Å². The molecule has 1 aromatic heterocycles. The fourth-order valence-electron chi connectivity index (χ4n) is 11.7. The van der Waals surface area contributed by atoms with Crippen LogP contribution in [0.3, 0.4) is 0 Å². The molecule has 2 nitrogen and oxygen atoms in total. The molecule has 62 heavy (non-hydrogen) atoms. The molecule has 0 atom stereocenters. The van der Waals surface area contributed by atoms with Crippen molar-refractivity contribution in [3.63, 3.8) is 0 Å². The summed E-state index contributed by atoms with van der Waals surface area (Å²) in [7, 11) is 0. The molecule has 1 heterocycles. The lowest BCUT2D eigenvalue weighted by molar-refractivity contribution is 0.587. The van der Waals surface area contributed by atoms with Gasteiger partial charge in [0.05, 0.1) is 16.7 Å². The van der Waals surface area contributed by atoms with E-state index in [1.807, 2.05) is 0 Å². The molecule has 0 saturated heterocycles. The van der Waals surface area contributed by atoms with Crippen molar-refractivity contribution in [3.8, 4) is 27.9 Å². The first-order chi connectivity index (χ1) is 29.9. The van der Waals surface area contributed by atoms with Crippen LogP contribution in [0.2, 0.25) is 0 Å². The molecule has 0 unspecified atom stereocenters. The van der Waals surface area contributed by atoms with E-state index < -0.39 is 0 Å². The number of rotatable bonds is 4. The topological polar surface area (TPSA) is 8.17 Å². The lowest BCUT2D eigenvalue weighted by Gasteiger charge is -2.39. The van der Waals surface area contributed by atoms with Gasteiger partial charge >= 0.3 is 0 Å². The Balaban J connectivity index is 1.27. The lowest BCUT2D eigenvalue weighted by Crippen LogP contribution is -2.27. The molecule has 2 aliphatic carbocycles. The van der Waals surface area contributed by atoms with E-state index in [9.17, 15) is 0 Å². The van der Waals surface area contributed by atoms with Gasteiger partial charge in [0.25, 0.3) is 0 Å². The third kappa shape index (κ3) is 4.98. The Kier molecular flexibility index (Phi) is 7.63. The minimum Gasteiger partial charge on any atom is -0.310 e. The van der Waals surface area contributed by atoms with Gasteiger partial charge in [0, 0.05) is 38.7 Å². The Labute approximate surface area is 364 Å². The van der Waals surface area contributed by atoms with Crippen molar-refractivity contribution < 1.29 is 0 Å². The maximum Gasteiger partial charge on any atom is 0.0561 e. The van der Waals surface area contributed by atoms with Crippen LogP contribution >= 0.6 is 0 Å². The number of nitrogens with zero attached hydrogens (tertiary/aromatic N) is 2. The second-order valence-corrected chi connectivity index (χ2v) is 19.7. The number of para-hydroxylation sites is 2. The molecule has 0 N–H and O–H groups in total. The second kappa shape index (κ2) is 12.8. The van der Waals surface area contributed by atoms with Gasteiger partial charge in [-0.05, 0) is 119 Å². The van der Waals surface area contributed by atoms with Gasteiger partial charge in [-0.1, -0.05) is 182 Å². The first-order valence-electron chi connectivity index (χ1n) is 22.2. The van der Waals surface area contributed by atoms with Crippen LogP contribution in [0.25, 0.3) is 71.3 Å². The summed E-state index contributed by atoms with van der Waals surface area (Å²) in [5, 5.41) is 7.54. The molecule has 0 amide bonds. The SMILES string of the molecule is CC(C)(C)c1c2c(c(N(c3ccc4c(ccc5ccccc54)c3)c3ccc4c5ccccc5n(-c5ccccc5)c4c3)c3c1-c1ccccc1C3(C)C)C(C)(C)c1ccccc1-2. The molecule has 10 aromatic rings. The van der Waals surface area contributed by atoms with Crippen LogP contribution in [0.5, 0.6) is 0 Å². The van der Waals surface area contributed by atoms with Crippen molar-refractivity contribution in [1.82, 2.24) is 4.57 Å². The number of fused-ring (bicyclic) bond motifs is 12. The molecule has 9 aromatic carbocycles. The van der Waals surface area contributed by atoms with Crippen molar-refractivity contribution in [2.45, 2.75) is 64.7 Å². The van der Waals surface area contributed by atoms with E-state index in [1.165, 1.54) is 99.1 Å². The van der Waals surface area contributed by atoms with Gasteiger partial charge in [-0.15, -0.1) is 0 Å². The van der Waals surface area contributed by atoms with Crippen molar-refractivity contribution in [2.75, 3.05) is 4.90 Å². The zero-order valence-electron chi connectivity index (χ0n) is 36.6. The Bertz CT molecular complexity index is 3410. The summed E-state index contributed by atoms with van der Waals surface area (Å²) < 4.78 is 2.45. The number of hydrogen-bond acceptors (Lipinski definition) is 1. The van der Waals surface area contributed by atoms with Gasteiger partial charge in [-0.25, -0.2) is 0 Å². The van der Waals surface area contributed by atoms with Crippen molar-refractivity contribution in [2.24, 2.45) is 0 Å². The Hall–Kier alpha value is -6.90. The lowest BCUT2D eigenvalue weighted by atomic mass is 9.70. The summed E-state index contributed by atoms with van der Waals surface area (Å²) in [6, 6.07) is 66.0. The van der Waals surface area contributed by atoms with Gasteiger partial charge in [0.1, 0.15) is 0 Å². The first kappa shape index (κ1) is 36.9. The Morgan fingerprint density at radius 1 is 0.435 bits per heavy atom. The highest BCUT2D eigenvalue weighted by molar-refractivity contribution is 6.12. The molecule has 0 spiro atoms. The monoisotopic (exact) mass is 798 g/mol. The normalized spacial score (nSPS) is 14.6. The minimum absolute atomic E-state index is 0.141. The van der Waals surface area contributed by atoms with Crippen molar-refractivity contribution >= 4 is 60.4 Å². The van der Waals surface area contributed by atoms with E-state index in [0.717, 1.165) is 17.1 Å². The number of aromatic nitrogens is 1. The van der Waals surface area contributed by atoms with Crippen LogP contribution in [0, 0.1) is 0 Å². The smallest absolute Gasteiger partial charge is 0.0561 e. The molecule has 0 aliphatic heterocycles. The summed E-state index contributed by atoms with van der Waals surface area (Å²) in [5.41, 5.74) is 19.0. The average molecular weight is 799 g/mol. The maximum absolute atomic E-state index is 2.66. The highest BCUT2D eigenvalue weighted by Crippen LogP contribution is 2.65. The van der Waals surface area contributed by atoms with E-state index in [-0.39, 0.29) is 16.2 Å². The van der Waals surface area contributed by atoms with Crippen LogP contribution in [-0.2, 0) is 16.2 Å². The zero-order chi connectivity index (χ0) is 42.3. The highest BCUT2D eigenvalue weighted by Gasteiger charge is 2.50. The molecule has 0 radical (unpaired) electrons. The molecule has 300 valence electrons. The maximum atomic E-state index is 2.66. The van der Waals surface area contributed by atoms with Gasteiger partial charge < -0.3 is 9.47 Å². The summed E-state index contributed by atoms with van der Waals surface area (Å²) in [4.78, 5) is 2.66. The number of hydrogen-bond donors (Lipinski definition) is 0. The average Bonchev–Trinajstić information content (AvgIpc) is 3.83. The minimum atomic E-state index is -0.296. The quantitative estimate of drug-likeness (QED) is 0.161. The van der Waals surface area contributed by atoms with Crippen LogP contribution in [-0.4, -0.2) is 4.57 Å². The van der Waals surface area contributed by atoms with Gasteiger partial charge in [-0.3, -0.25) is 0 Å². The van der Waals surface area contributed by atoms with Gasteiger partial charge in [-0.2, -0.15) is 0 Å². The number of benzene rings is 9. The predicted molar refractivity (Wildman–Crippen MR) is 264 cm³/mol. The molecular formula is C60H50N2. The molecule has 0 fully saturated rings. The molecule has 2 heteroatoms. The van der Waals surface area contributed by atoms with E-state index in [2.05, 4.69) is 234 Å². The van der Waals surface area contributed by atoms with E-state index >= 15 is 0 Å². The summed E-state index contributed by atoms with van der Waals surface area (Å²) in [6.07, 6.45) is 0. The molecule has 12 rings (SSSR count). The summed E-state index contributed by atoms with van der Waals surface area (Å²) in [6.45, 7) is 17.1. The highest BCUT2D eigenvalue weighted by atomic mass is 15.2. The molecular weight excluding hydrogens is 749 g/mol.